The second-order valence-electron chi connectivity index (χ2n) is 6.51. The van der Waals surface area contributed by atoms with Crippen LogP contribution < -0.4 is 4.72 Å². The number of nitrogens with one attached hydrogen (secondary N) is 1. The molecule has 7 heteroatoms. The van der Waals surface area contributed by atoms with Crippen LogP contribution in [0, 0.1) is 11.7 Å². The number of sulfonamides is 1. The van der Waals surface area contributed by atoms with E-state index in [2.05, 4.69) is 4.72 Å². The Labute approximate surface area is 143 Å². The van der Waals surface area contributed by atoms with Gasteiger partial charge < -0.3 is 4.90 Å². The molecule has 1 aromatic rings. The summed E-state index contributed by atoms with van der Waals surface area (Å²) in [7, 11) is -4.10. The Bertz CT molecular complexity index is 668. The number of benzene rings is 1. The average molecular weight is 356 g/mol. The molecular formula is C17H25FN2O3S. The summed E-state index contributed by atoms with van der Waals surface area (Å²) >= 11 is 0. The smallest absolute Gasteiger partial charge is 0.244 e. The van der Waals surface area contributed by atoms with Crippen molar-refractivity contribution < 1.29 is 17.6 Å². The van der Waals surface area contributed by atoms with Gasteiger partial charge in [-0.1, -0.05) is 38.8 Å². The van der Waals surface area contributed by atoms with Crippen molar-refractivity contribution in [3.8, 4) is 0 Å². The molecule has 1 fully saturated rings. The summed E-state index contributed by atoms with van der Waals surface area (Å²) in [6.07, 6.45) is 4.02. The van der Waals surface area contributed by atoms with Crippen LogP contribution in [0.2, 0.25) is 0 Å². The van der Waals surface area contributed by atoms with Crippen molar-refractivity contribution >= 4 is 15.9 Å². The van der Waals surface area contributed by atoms with Gasteiger partial charge in [-0.3, -0.25) is 4.79 Å². The molecule has 1 aromatic carbocycles. The highest BCUT2D eigenvalue weighted by atomic mass is 32.2. The summed E-state index contributed by atoms with van der Waals surface area (Å²) in [5.74, 6) is -1.29. The Morgan fingerprint density at radius 2 is 1.71 bits per heavy atom. The molecule has 0 radical (unpaired) electrons. The topological polar surface area (TPSA) is 66.5 Å². The Kier molecular flexibility index (Phi) is 6.34. The van der Waals surface area contributed by atoms with Crippen molar-refractivity contribution in [1.29, 1.82) is 0 Å². The molecule has 1 N–H and O–H groups in total. The van der Waals surface area contributed by atoms with Crippen molar-refractivity contribution in [2.24, 2.45) is 5.92 Å². The number of carbonyl (C=O) groups excluding carboxylic acids is 1. The first-order chi connectivity index (χ1) is 11.3. The molecule has 5 nitrogen and oxygen atoms in total. The standard InChI is InChI=1S/C17H25FN2O3S/c1-13(2)16(17(21)20-11-7-3-4-8-12-20)19-24(22,23)15-10-6-5-9-14(15)18/h5-6,9-10,13,16,19H,3-4,7-8,11-12H2,1-2H3. The summed E-state index contributed by atoms with van der Waals surface area (Å²) in [6.45, 7) is 4.85. The Morgan fingerprint density at radius 3 is 2.25 bits per heavy atom. The highest BCUT2D eigenvalue weighted by Gasteiger charge is 2.32. The van der Waals surface area contributed by atoms with Gasteiger partial charge >= 0.3 is 0 Å². The molecule has 0 spiro atoms. The van der Waals surface area contributed by atoms with Crippen LogP contribution in [0.1, 0.15) is 39.5 Å². The minimum Gasteiger partial charge on any atom is -0.341 e. The molecule has 1 aliphatic heterocycles. The van der Waals surface area contributed by atoms with E-state index in [0.29, 0.717) is 13.1 Å². The molecule has 134 valence electrons. The van der Waals surface area contributed by atoms with Gasteiger partial charge in [-0.15, -0.1) is 0 Å². The summed E-state index contributed by atoms with van der Waals surface area (Å²) in [6, 6.07) is 4.28. The number of nitrogens with zero attached hydrogens (tertiary/aromatic N) is 1. The predicted molar refractivity (Wildman–Crippen MR) is 90.4 cm³/mol. The van der Waals surface area contributed by atoms with Gasteiger partial charge in [-0.25, -0.2) is 12.8 Å². The molecular weight excluding hydrogens is 331 g/mol. The molecule has 1 aliphatic rings. The lowest BCUT2D eigenvalue weighted by Crippen LogP contribution is -2.51. The van der Waals surface area contributed by atoms with E-state index >= 15 is 0 Å². The van der Waals surface area contributed by atoms with Gasteiger partial charge in [0.05, 0.1) is 0 Å². The third-order valence-corrected chi connectivity index (χ3v) is 5.73. The van der Waals surface area contributed by atoms with Crippen LogP contribution >= 0.6 is 0 Å². The van der Waals surface area contributed by atoms with Crippen LogP contribution in [0.4, 0.5) is 4.39 Å². The molecule has 1 unspecified atom stereocenters. The first-order valence-corrected chi connectivity index (χ1v) is 9.87. The van der Waals surface area contributed by atoms with Crippen LogP contribution in [0.25, 0.3) is 0 Å². The zero-order valence-electron chi connectivity index (χ0n) is 14.2. The summed E-state index contributed by atoms with van der Waals surface area (Å²) in [4.78, 5) is 14.1. The molecule has 24 heavy (non-hydrogen) atoms. The van der Waals surface area contributed by atoms with Crippen LogP contribution in [0.15, 0.2) is 29.2 Å². The van der Waals surface area contributed by atoms with Gasteiger partial charge in [0.1, 0.15) is 16.8 Å². The maximum atomic E-state index is 13.8. The van der Waals surface area contributed by atoms with E-state index in [0.717, 1.165) is 31.7 Å². The largest absolute Gasteiger partial charge is 0.341 e. The fourth-order valence-electron chi connectivity index (χ4n) is 2.85. The van der Waals surface area contributed by atoms with Gasteiger partial charge in [0, 0.05) is 13.1 Å². The zero-order valence-corrected chi connectivity index (χ0v) is 15.0. The lowest BCUT2D eigenvalue weighted by Gasteiger charge is -2.28. The molecule has 0 aromatic heterocycles. The number of hydrogen-bond donors (Lipinski definition) is 1. The number of amides is 1. The van der Waals surface area contributed by atoms with E-state index in [1.165, 1.54) is 18.2 Å². The van der Waals surface area contributed by atoms with Crippen LogP contribution in [0.3, 0.4) is 0 Å². The lowest BCUT2D eigenvalue weighted by atomic mass is 10.0. The minimum absolute atomic E-state index is 0.230. The number of carbonyl (C=O) groups is 1. The van der Waals surface area contributed by atoms with Gasteiger partial charge in [0.15, 0.2) is 0 Å². The third kappa shape index (κ3) is 4.54. The normalized spacial score (nSPS) is 17.6. The van der Waals surface area contributed by atoms with E-state index in [1.54, 1.807) is 18.7 Å². The SMILES string of the molecule is CC(C)C(NS(=O)(=O)c1ccccc1F)C(=O)N1CCCCCC1. The van der Waals surface area contributed by atoms with E-state index in [1.807, 2.05) is 0 Å². The third-order valence-electron chi connectivity index (χ3n) is 4.26. The van der Waals surface area contributed by atoms with Crippen molar-refractivity contribution in [3.05, 3.63) is 30.1 Å². The van der Waals surface area contributed by atoms with Gasteiger partial charge in [-0.2, -0.15) is 4.72 Å². The first-order valence-electron chi connectivity index (χ1n) is 8.38. The second-order valence-corrected chi connectivity index (χ2v) is 8.20. The van der Waals surface area contributed by atoms with E-state index in [4.69, 9.17) is 0 Å². The van der Waals surface area contributed by atoms with Crippen molar-refractivity contribution in [3.63, 3.8) is 0 Å². The van der Waals surface area contributed by atoms with Gasteiger partial charge in [0.2, 0.25) is 15.9 Å². The second kappa shape index (κ2) is 8.07. The number of rotatable bonds is 5. The maximum Gasteiger partial charge on any atom is 0.244 e. The molecule has 1 saturated heterocycles. The fraction of sp³-hybridized carbons (Fsp3) is 0.588. The predicted octanol–water partition coefficient (Wildman–Crippen LogP) is 2.53. The molecule has 2 rings (SSSR count). The van der Waals surface area contributed by atoms with Crippen LogP contribution in [-0.4, -0.2) is 38.4 Å². The lowest BCUT2D eigenvalue weighted by molar-refractivity contribution is -0.134. The quantitative estimate of drug-likeness (QED) is 0.882. The Balaban J connectivity index is 2.21. The van der Waals surface area contributed by atoms with Crippen molar-refractivity contribution in [2.75, 3.05) is 13.1 Å². The summed E-state index contributed by atoms with van der Waals surface area (Å²) < 4.78 is 41.2. The highest BCUT2D eigenvalue weighted by Crippen LogP contribution is 2.18. The zero-order chi connectivity index (χ0) is 17.7. The van der Waals surface area contributed by atoms with Crippen molar-refractivity contribution in [2.45, 2.75) is 50.5 Å². The highest BCUT2D eigenvalue weighted by molar-refractivity contribution is 7.89. The van der Waals surface area contributed by atoms with Gasteiger partial charge in [-0.05, 0) is 30.9 Å². The Morgan fingerprint density at radius 1 is 1.12 bits per heavy atom. The molecule has 0 bridgehead atoms. The van der Waals surface area contributed by atoms with Crippen molar-refractivity contribution in [1.82, 2.24) is 9.62 Å². The number of halogens is 1. The minimum atomic E-state index is -4.10. The molecule has 1 amide bonds. The van der Waals surface area contributed by atoms with Crippen LogP contribution in [-0.2, 0) is 14.8 Å². The van der Waals surface area contributed by atoms with Crippen LogP contribution in [0.5, 0.6) is 0 Å². The summed E-state index contributed by atoms with van der Waals surface area (Å²) in [5, 5.41) is 0. The monoisotopic (exact) mass is 356 g/mol. The van der Waals surface area contributed by atoms with E-state index in [9.17, 15) is 17.6 Å². The molecule has 0 saturated carbocycles. The van der Waals surface area contributed by atoms with E-state index < -0.39 is 26.8 Å². The maximum absolute atomic E-state index is 13.8. The molecule has 1 heterocycles. The molecule has 1 atom stereocenters. The molecule has 0 aliphatic carbocycles. The summed E-state index contributed by atoms with van der Waals surface area (Å²) in [5.41, 5.74) is 0. The first kappa shape index (κ1) is 18.9. The Hall–Kier alpha value is -1.47. The number of likely N-dealkylation sites (tertiary alicyclic amines) is 1. The average Bonchev–Trinajstić information content (AvgIpc) is 2.81. The van der Waals surface area contributed by atoms with Gasteiger partial charge in [0.25, 0.3) is 0 Å². The van der Waals surface area contributed by atoms with E-state index in [-0.39, 0.29) is 11.8 Å². The number of hydrogen-bond acceptors (Lipinski definition) is 3. The fourth-order valence-corrected chi connectivity index (χ4v) is 4.27.